The van der Waals surface area contributed by atoms with Gasteiger partial charge in [0.25, 0.3) is 0 Å². The van der Waals surface area contributed by atoms with Crippen LogP contribution in [0.1, 0.15) is 19.8 Å². The summed E-state index contributed by atoms with van der Waals surface area (Å²) in [6.07, 6.45) is 2.61. The monoisotopic (exact) mass is 498 g/mol. The maximum atomic E-state index is 11.4. The molecule has 0 atom stereocenters. The van der Waals surface area contributed by atoms with E-state index in [2.05, 4.69) is 40.7 Å². The molecule has 0 unspecified atom stereocenters. The molecule has 0 rings (SSSR count). The van der Waals surface area contributed by atoms with Crippen molar-refractivity contribution in [3.05, 3.63) is 4.13 Å². The number of sulfonamides is 2. The molecule has 0 amide bonds. The van der Waals surface area contributed by atoms with Crippen LogP contribution in [0.3, 0.4) is 0 Å². The van der Waals surface area contributed by atoms with Crippen molar-refractivity contribution in [2.45, 2.75) is 50.4 Å². The lowest BCUT2D eigenvalue weighted by molar-refractivity contribution is -0.890. The summed E-state index contributed by atoms with van der Waals surface area (Å²) in [5.41, 5.74) is -12.4. The SMILES string of the molecule is CCCC[N+](C)(C)CCO[Si](C)(C)C.O=S(=O)([N-]S(=O)(=O)C(F)(F)F)C(F)(F)F. The second kappa shape index (κ2) is 10.7. The van der Waals surface area contributed by atoms with Crippen molar-refractivity contribution in [3.8, 4) is 0 Å². The lowest BCUT2D eigenvalue weighted by Gasteiger charge is -2.31. The Morgan fingerprint density at radius 2 is 1.24 bits per heavy atom. The first-order valence-corrected chi connectivity index (χ1v) is 14.6. The molecule has 0 aromatic rings. The summed E-state index contributed by atoms with van der Waals surface area (Å²) in [5.74, 6) is 0. The number of unbranched alkanes of at least 4 members (excludes halogenated alkanes) is 1. The summed E-state index contributed by atoms with van der Waals surface area (Å²) < 4.78 is 116. The molecule has 0 N–H and O–H groups in total. The zero-order valence-corrected chi connectivity index (χ0v) is 19.7. The highest BCUT2D eigenvalue weighted by molar-refractivity contribution is 8.13. The molecule has 0 aromatic carbocycles. The average Bonchev–Trinajstić information content (AvgIpc) is 2.40. The Morgan fingerprint density at radius 1 is 0.862 bits per heavy atom. The van der Waals surface area contributed by atoms with Crippen molar-refractivity contribution in [1.29, 1.82) is 0 Å². The van der Waals surface area contributed by atoms with E-state index in [1.165, 1.54) is 19.4 Å². The maximum absolute atomic E-state index is 11.4. The van der Waals surface area contributed by atoms with Crippen LogP contribution < -0.4 is 0 Å². The van der Waals surface area contributed by atoms with Gasteiger partial charge in [-0.3, -0.25) is 0 Å². The highest BCUT2D eigenvalue weighted by atomic mass is 32.3. The quantitative estimate of drug-likeness (QED) is 0.274. The molecule has 0 heterocycles. The highest BCUT2D eigenvalue weighted by Crippen LogP contribution is 2.36. The van der Waals surface area contributed by atoms with E-state index >= 15 is 0 Å². The van der Waals surface area contributed by atoms with Crippen LogP contribution in [0.2, 0.25) is 19.6 Å². The van der Waals surface area contributed by atoms with Gasteiger partial charge in [-0.25, -0.2) is 16.8 Å². The zero-order chi connectivity index (χ0) is 23.9. The van der Waals surface area contributed by atoms with Crippen molar-refractivity contribution in [2.75, 3.05) is 33.8 Å². The molecular weight excluding hydrogens is 470 g/mol. The minimum atomic E-state index is -6.72. The van der Waals surface area contributed by atoms with Crippen molar-refractivity contribution in [1.82, 2.24) is 0 Å². The van der Waals surface area contributed by atoms with Gasteiger partial charge in [-0.1, -0.05) is 13.3 Å². The minimum absolute atomic E-state index is 0.778. The summed E-state index contributed by atoms with van der Waals surface area (Å²) in [4.78, 5) is 0. The fourth-order valence-corrected chi connectivity index (χ4v) is 3.92. The lowest BCUT2D eigenvalue weighted by atomic mass is 10.3. The summed E-state index contributed by atoms with van der Waals surface area (Å²) in [7, 11) is -10.2. The normalized spacial score (nSPS) is 14.3. The Hall–Kier alpha value is -0.423. The van der Waals surface area contributed by atoms with Gasteiger partial charge in [0.15, 0.2) is 28.4 Å². The van der Waals surface area contributed by atoms with E-state index in [0.29, 0.717) is 0 Å². The van der Waals surface area contributed by atoms with Gasteiger partial charge in [0, 0.05) is 0 Å². The molecule has 0 aliphatic heterocycles. The van der Waals surface area contributed by atoms with Gasteiger partial charge in [-0.15, -0.1) is 0 Å². The first-order chi connectivity index (χ1) is 12.5. The number of halogens is 6. The molecule has 0 fully saturated rings. The smallest absolute Gasteiger partial charge is 0.421 e. The van der Waals surface area contributed by atoms with Crippen molar-refractivity contribution >= 4 is 28.4 Å². The molecule has 0 aliphatic carbocycles. The Morgan fingerprint density at radius 3 is 1.52 bits per heavy atom. The number of hydrogen-bond donors (Lipinski definition) is 0. The van der Waals surface area contributed by atoms with E-state index < -0.39 is 39.4 Å². The number of rotatable bonds is 9. The minimum Gasteiger partial charge on any atom is -0.421 e. The number of quaternary nitrogens is 1. The molecular formula is C13H28F6N2O5S2Si. The highest BCUT2D eigenvalue weighted by Gasteiger charge is 2.46. The standard InChI is InChI=1S/C11H28NOSi.C2F6NO4S2/c1-7-8-9-12(2,3)10-11-13-14(4,5)6;3-1(4,5)14(10,11)9-15(12,13)2(6,7)8/h7-11H2,1-6H3;/q+1;-1. The molecule has 0 aromatic heterocycles. The molecule has 0 saturated carbocycles. The van der Waals surface area contributed by atoms with Crippen LogP contribution in [-0.2, 0) is 24.5 Å². The van der Waals surface area contributed by atoms with Crippen molar-refractivity contribution in [2.24, 2.45) is 0 Å². The number of nitrogens with zero attached hydrogens (tertiary/aromatic N) is 2. The third-order valence-corrected chi connectivity index (χ3v) is 6.94. The average molecular weight is 499 g/mol. The van der Waals surface area contributed by atoms with Gasteiger partial charge < -0.3 is 13.0 Å². The molecule has 0 bridgehead atoms. The lowest BCUT2D eigenvalue weighted by Crippen LogP contribution is -2.44. The molecule has 178 valence electrons. The number of hydrogen-bond acceptors (Lipinski definition) is 5. The van der Waals surface area contributed by atoms with Gasteiger partial charge in [0.05, 0.1) is 27.2 Å². The van der Waals surface area contributed by atoms with E-state index in [0.717, 1.165) is 21.8 Å². The van der Waals surface area contributed by atoms with E-state index in [1.807, 2.05) is 0 Å². The van der Waals surface area contributed by atoms with E-state index in [4.69, 9.17) is 4.43 Å². The summed E-state index contributed by atoms with van der Waals surface area (Å²) >= 11 is 0. The van der Waals surface area contributed by atoms with E-state index in [9.17, 15) is 43.2 Å². The second-order valence-electron chi connectivity index (χ2n) is 7.61. The van der Waals surface area contributed by atoms with Gasteiger partial charge in [-0.2, -0.15) is 26.3 Å². The predicted octanol–water partition coefficient (Wildman–Crippen LogP) is 3.77. The summed E-state index contributed by atoms with van der Waals surface area (Å²) in [6, 6.07) is 0. The van der Waals surface area contributed by atoms with Crippen molar-refractivity contribution < 1.29 is 52.1 Å². The summed E-state index contributed by atoms with van der Waals surface area (Å²) in [6.45, 7) is 12.3. The Bertz CT molecular complexity index is 659. The Labute approximate surface area is 169 Å². The fraction of sp³-hybridized carbons (Fsp3) is 1.00. The van der Waals surface area contributed by atoms with Gasteiger partial charge >= 0.3 is 11.0 Å². The number of likely N-dealkylation sites (N-methyl/N-ethyl adjacent to an activating group) is 1. The summed E-state index contributed by atoms with van der Waals surface area (Å²) in [5, 5.41) is 0. The molecule has 29 heavy (non-hydrogen) atoms. The molecule has 16 heteroatoms. The molecule has 0 spiro atoms. The molecule has 0 aliphatic rings. The second-order valence-corrected chi connectivity index (χ2v) is 15.5. The topological polar surface area (TPSA) is 91.6 Å². The third kappa shape index (κ3) is 13.5. The van der Waals surface area contributed by atoms with Crippen LogP contribution >= 0.6 is 0 Å². The first-order valence-electron chi connectivity index (χ1n) is 8.30. The van der Waals surface area contributed by atoms with Crippen LogP contribution in [0.25, 0.3) is 4.13 Å². The first kappa shape index (κ1) is 30.8. The van der Waals surface area contributed by atoms with Crippen molar-refractivity contribution in [3.63, 3.8) is 0 Å². The van der Waals surface area contributed by atoms with E-state index in [1.54, 1.807) is 0 Å². The molecule has 0 radical (unpaired) electrons. The largest absolute Gasteiger partial charge is 0.480 e. The fourth-order valence-electron chi connectivity index (χ4n) is 1.51. The predicted molar refractivity (Wildman–Crippen MR) is 99.4 cm³/mol. The molecule has 7 nitrogen and oxygen atoms in total. The zero-order valence-electron chi connectivity index (χ0n) is 17.1. The Balaban J connectivity index is 0. The van der Waals surface area contributed by atoms with Gasteiger partial charge in [0.2, 0.25) is 0 Å². The van der Waals surface area contributed by atoms with Crippen LogP contribution in [0.5, 0.6) is 0 Å². The molecule has 0 saturated heterocycles. The third-order valence-electron chi connectivity index (χ3n) is 3.13. The van der Waals surface area contributed by atoms with Gasteiger partial charge in [0.1, 0.15) is 6.54 Å². The van der Waals surface area contributed by atoms with Crippen LogP contribution in [0.15, 0.2) is 0 Å². The van der Waals surface area contributed by atoms with Crippen LogP contribution in [-0.4, -0.2) is 74.4 Å². The number of alkyl halides is 6. The van der Waals surface area contributed by atoms with Crippen LogP contribution in [0, 0.1) is 0 Å². The Kier molecular flexibility index (Phi) is 11.4. The van der Waals surface area contributed by atoms with Crippen LogP contribution in [0.4, 0.5) is 26.3 Å². The van der Waals surface area contributed by atoms with Gasteiger partial charge in [-0.05, 0) is 26.1 Å². The van der Waals surface area contributed by atoms with E-state index in [-0.39, 0.29) is 0 Å². The maximum Gasteiger partial charge on any atom is 0.480 e.